The smallest absolute Gasteiger partial charge is 0.224 e. The zero-order valence-corrected chi connectivity index (χ0v) is 21.9. The third-order valence-corrected chi connectivity index (χ3v) is 6.84. The van der Waals surface area contributed by atoms with Crippen molar-refractivity contribution >= 4 is 28.5 Å². The fourth-order valence-electron chi connectivity index (χ4n) is 4.35. The van der Waals surface area contributed by atoms with Crippen molar-refractivity contribution < 1.29 is 9.53 Å². The van der Waals surface area contributed by atoms with Crippen molar-refractivity contribution in [3.8, 4) is 5.75 Å². The van der Waals surface area contributed by atoms with Crippen molar-refractivity contribution in [3.63, 3.8) is 0 Å². The largest absolute Gasteiger partial charge is 0.494 e. The monoisotopic (exact) mass is 503 g/mol. The Hall–Kier alpha value is -3.31. The lowest BCUT2D eigenvalue weighted by atomic mass is 10.1. The van der Waals surface area contributed by atoms with Crippen LogP contribution < -0.4 is 10.1 Å². The molecule has 0 aliphatic heterocycles. The van der Waals surface area contributed by atoms with Crippen LogP contribution in [0.15, 0.2) is 66.7 Å². The van der Waals surface area contributed by atoms with Gasteiger partial charge in [-0.05, 0) is 80.1 Å². The van der Waals surface area contributed by atoms with Crippen molar-refractivity contribution in [2.75, 3.05) is 13.2 Å². The number of amides is 1. The van der Waals surface area contributed by atoms with Gasteiger partial charge in [0.15, 0.2) is 0 Å². The minimum Gasteiger partial charge on any atom is -0.494 e. The molecule has 188 valence electrons. The van der Waals surface area contributed by atoms with Crippen molar-refractivity contribution in [2.45, 2.75) is 52.5 Å². The van der Waals surface area contributed by atoms with Crippen LogP contribution >= 0.6 is 11.6 Å². The van der Waals surface area contributed by atoms with E-state index in [2.05, 4.69) is 28.1 Å². The lowest BCUT2D eigenvalue weighted by Crippen LogP contribution is -2.26. The van der Waals surface area contributed by atoms with E-state index in [0.29, 0.717) is 19.6 Å². The number of carbonyl (C=O) groups is 1. The Morgan fingerprint density at radius 1 is 0.972 bits per heavy atom. The first-order valence-electron chi connectivity index (χ1n) is 12.7. The number of benzene rings is 3. The second kappa shape index (κ2) is 12.6. The fourth-order valence-corrected chi connectivity index (χ4v) is 4.47. The number of hydrogen-bond acceptors (Lipinski definition) is 3. The highest BCUT2D eigenvalue weighted by Gasteiger charge is 2.11. The van der Waals surface area contributed by atoms with Gasteiger partial charge in [-0.25, -0.2) is 4.98 Å². The lowest BCUT2D eigenvalue weighted by molar-refractivity contribution is -0.120. The second-order valence-electron chi connectivity index (χ2n) is 9.19. The number of rotatable bonds is 12. The number of nitrogens with one attached hydrogen (secondary N) is 1. The maximum absolute atomic E-state index is 12.4. The molecular formula is C30H34ClN3O2. The molecule has 0 aliphatic carbocycles. The van der Waals surface area contributed by atoms with Crippen molar-refractivity contribution in [2.24, 2.45) is 0 Å². The number of para-hydroxylation sites is 2. The molecule has 36 heavy (non-hydrogen) atoms. The molecule has 0 saturated heterocycles. The van der Waals surface area contributed by atoms with Crippen LogP contribution in [0, 0.1) is 13.8 Å². The van der Waals surface area contributed by atoms with E-state index in [1.54, 1.807) is 0 Å². The quantitative estimate of drug-likeness (QED) is 0.226. The number of aryl methyl sites for hydroxylation is 4. The van der Waals surface area contributed by atoms with E-state index < -0.39 is 0 Å². The second-order valence-corrected chi connectivity index (χ2v) is 9.60. The Kier molecular flexibility index (Phi) is 9.01. The van der Waals surface area contributed by atoms with Gasteiger partial charge >= 0.3 is 0 Å². The first-order chi connectivity index (χ1) is 17.5. The van der Waals surface area contributed by atoms with Gasteiger partial charge in [0.2, 0.25) is 5.91 Å². The summed E-state index contributed by atoms with van der Waals surface area (Å²) in [5.41, 5.74) is 5.42. The van der Waals surface area contributed by atoms with Crippen LogP contribution in [0.5, 0.6) is 5.75 Å². The van der Waals surface area contributed by atoms with Crippen molar-refractivity contribution in [3.05, 3.63) is 94.3 Å². The van der Waals surface area contributed by atoms with Crippen LogP contribution in [-0.2, 0) is 24.2 Å². The lowest BCUT2D eigenvalue weighted by Gasteiger charge is -2.11. The van der Waals surface area contributed by atoms with E-state index >= 15 is 0 Å². The molecule has 1 aromatic heterocycles. The highest BCUT2D eigenvalue weighted by molar-refractivity contribution is 6.31. The molecule has 0 aliphatic rings. The molecule has 5 nitrogen and oxygen atoms in total. The van der Waals surface area contributed by atoms with Crippen molar-refractivity contribution in [1.29, 1.82) is 0 Å². The predicted molar refractivity (Wildman–Crippen MR) is 147 cm³/mol. The van der Waals surface area contributed by atoms with Gasteiger partial charge < -0.3 is 14.6 Å². The molecule has 1 heterocycles. The third kappa shape index (κ3) is 6.88. The van der Waals surface area contributed by atoms with E-state index in [9.17, 15) is 4.79 Å². The topological polar surface area (TPSA) is 56.1 Å². The first-order valence-corrected chi connectivity index (χ1v) is 13.0. The minimum absolute atomic E-state index is 0.0636. The molecule has 4 rings (SSSR count). The summed E-state index contributed by atoms with van der Waals surface area (Å²) in [5.74, 6) is 1.99. The molecule has 6 heteroatoms. The van der Waals surface area contributed by atoms with Gasteiger partial charge in [0, 0.05) is 24.5 Å². The number of unbranched alkanes of at least 4 members (excludes halogenated alkanes) is 1. The highest BCUT2D eigenvalue weighted by Crippen LogP contribution is 2.22. The van der Waals surface area contributed by atoms with Gasteiger partial charge in [-0.3, -0.25) is 4.79 Å². The zero-order chi connectivity index (χ0) is 25.3. The van der Waals surface area contributed by atoms with E-state index in [-0.39, 0.29) is 5.91 Å². The number of ether oxygens (including phenoxy) is 1. The van der Waals surface area contributed by atoms with Gasteiger partial charge in [0.1, 0.15) is 11.6 Å². The number of aromatic nitrogens is 2. The molecule has 0 fully saturated rings. The summed E-state index contributed by atoms with van der Waals surface area (Å²) in [6, 6.07) is 22.1. The fraction of sp³-hybridized carbons (Fsp3) is 0.333. The summed E-state index contributed by atoms with van der Waals surface area (Å²) in [5, 5.41) is 3.82. The Morgan fingerprint density at radius 3 is 2.61 bits per heavy atom. The molecule has 0 spiro atoms. The van der Waals surface area contributed by atoms with Gasteiger partial charge in [-0.2, -0.15) is 0 Å². The van der Waals surface area contributed by atoms with E-state index in [0.717, 1.165) is 76.5 Å². The molecule has 0 saturated carbocycles. The molecule has 0 bridgehead atoms. The number of nitrogens with zero attached hydrogens (tertiary/aromatic N) is 2. The van der Waals surface area contributed by atoms with E-state index in [1.807, 2.05) is 62.4 Å². The number of hydrogen-bond donors (Lipinski definition) is 1. The molecular weight excluding hydrogens is 470 g/mol. The summed E-state index contributed by atoms with van der Waals surface area (Å²) >= 11 is 6.10. The van der Waals surface area contributed by atoms with Crippen LogP contribution in [0.3, 0.4) is 0 Å². The number of carbonyl (C=O) groups excluding carboxylic acids is 1. The minimum atomic E-state index is 0.0636. The van der Waals surface area contributed by atoms with Gasteiger partial charge in [-0.15, -0.1) is 0 Å². The molecule has 0 radical (unpaired) electrons. The van der Waals surface area contributed by atoms with Crippen LogP contribution in [0.4, 0.5) is 0 Å². The van der Waals surface area contributed by atoms with Gasteiger partial charge in [0.05, 0.1) is 24.1 Å². The van der Waals surface area contributed by atoms with Crippen LogP contribution in [-0.4, -0.2) is 28.6 Å². The average molecular weight is 504 g/mol. The molecule has 1 amide bonds. The Morgan fingerprint density at radius 2 is 1.78 bits per heavy atom. The van der Waals surface area contributed by atoms with Crippen LogP contribution in [0.25, 0.3) is 11.0 Å². The Balaban J connectivity index is 1.26. The van der Waals surface area contributed by atoms with Crippen molar-refractivity contribution in [1.82, 2.24) is 14.9 Å². The Bertz CT molecular complexity index is 1310. The summed E-state index contributed by atoms with van der Waals surface area (Å²) in [6.45, 7) is 6.21. The summed E-state index contributed by atoms with van der Waals surface area (Å²) < 4.78 is 8.22. The summed E-state index contributed by atoms with van der Waals surface area (Å²) in [6.07, 6.45) is 4.03. The zero-order valence-electron chi connectivity index (χ0n) is 21.1. The molecule has 3 aromatic carbocycles. The number of halogens is 1. The molecule has 0 unspecified atom stereocenters. The van der Waals surface area contributed by atoms with Crippen LogP contribution in [0.1, 0.15) is 41.8 Å². The molecule has 4 aromatic rings. The summed E-state index contributed by atoms with van der Waals surface area (Å²) in [7, 11) is 0. The SMILES string of the molecule is Cc1cc(OCCCCn2c(CCCNC(=O)Cc3ccccc3C)nc3ccccc32)ccc1Cl. The average Bonchev–Trinajstić information content (AvgIpc) is 3.22. The molecule has 1 N–H and O–H groups in total. The van der Waals surface area contributed by atoms with E-state index in [1.165, 1.54) is 0 Å². The number of fused-ring (bicyclic) bond motifs is 1. The maximum Gasteiger partial charge on any atom is 0.224 e. The van der Waals surface area contributed by atoms with Gasteiger partial charge in [0.25, 0.3) is 0 Å². The Labute approximate surface area is 218 Å². The third-order valence-electron chi connectivity index (χ3n) is 6.42. The highest BCUT2D eigenvalue weighted by atomic mass is 35.5. The number of imidazole rings is 1. The maximum atomic E-state index is 12.4. The van der Waals surface area contributed by atoms with E-state index in [4.69, 9.17) is 21.3 Å². The van der Waals surface area contributed by atoms with Gasteiger partial charge in [-0.1, -0.05) is 48.0 Å². The first kappa shape index (κ1) is 25.8. The summed E-state index contributed by atoms with van der Waals surface area (Å²) in [4.78, 5) is 17.3. The normalized spacial score (nSPS) is 11.1. The standard InChI is InChI=1S/C30H34ClN3O2/c1-22-10-3-4-11-24(22)21-30(35)32-17-9-14-29-33-27-12-5-6-13-28(27)34(29)18-7-8-19-36-25-15-16-26(31)23(2)20-25/h3-6,10-13,15-16,20H,7-9,14,17-19,21H2,1-2H3,(H,32,35). The molecule has 0 atom stereocenters. The predicted octanol–water partition coefficient (Wildman–Crippen LogP) is 6.46. The van der Waals surface area contributed by atoms with Crippen LogP contribution in [0.2, 0.25) is 5.02 Å².